The van der Waals surface area contributed by atoms with Crippen molar-refractivity contribution >= 4 is 17.5 Å². The molecule has 7 heteroatoms. The summed E-state index contributed by atoms with van der Waals surface area (Å²) in [6, 6.07) is 8.96. The normalized spacial score (nSPS) is 10.4. The lowest BCUT2D eigenvalue weighted by Gasteiger charge is -2.20. The smallest absolute Gasteiger partial charge is 0.254 e. The molecule has 2 rings (SSSR count). The first kappa shape index (κ1) is 24.1. The number of carbonyl (C=O) groups is 2. The van der Waals surface area contributed by atoms with Crippen LogP contribution in [0.25, 0.3) is 0 Å². The van der Waals surface area contributed by atoms with E-state index in [0.717, 1.165) is 16.8 Å². The van der Waals surface area contributed by atoms with E-state index in [1.807, 2.05) is 52.8 Å². The van der Waals surface area contributed by atoms with Gasteiger partial charge in [0.25, 0.3) is 5.91 Å². The molecule has 0 aliphatic carbocycles. The fourth-order valence-corrected chi connectivity index (χ4v) is 3.10. The number of likely N-dealkylation sites (N-methyl/N-ethyl adjacent to an activating group) is 1. The molecule has 0 unspecified atom stereocenters. The van der Waals surface area contributed by atoms with Gasteiger partial charge in [0.15, 0.2) is 11.5 Å². The summed E-state index contributed by atoms with van der Waals surface area (Å²) in [6.07, 6.45) is 0. The number of rotatable bonds is 10. The molecule has 168 valence electrons. The average Bonchev–Trinajstić information content (AvgIpc) is 2.73. The monoisotopic (exact) mass is 428 g/mol. The molecule has 2 amide bonds. The van der Waals surface area contributed by atoms with Crippen molar-refractivity contribution in [3.8, 4) is 17.2 Å². The van der Waals surface area contributed by atoms with Gasteiger partial charge in [0, 0.05) is 18.3 Å². The Morgan fingerprint density at radius 1 is 0.935 bits per heavy atom. The molecule has 0 bridgehead atoms. The highest BCUT2D eigenvalue weighted by Crippen LogP contribution is 2.39. The molecule has 31 heavy (non-hydrogen) atoms. The number of nitrogens with one attached hydrogen (secondary N) is 1. The summed E-state index contributed by atoms with van der Waals surface area (Å²) in [6.45, 7) is 10.7. The highest BCUT2D eigenvalue weighted by Gasteiger charge is 2.21. The van der Waals surface area contributed by atoms with Crippen molar-refractivity contribution in [2.45, 2.75) is 34.6 Å². The summed E-state index contributed by atoms with van der Waals surface area (Å²) in [7, 11) is 1.59. The number of ether oxygens (including phenoxy) is 3. The van der Waals surface area contributed by atoms with Crippen molar-refractivity contribution < 1.29 is 23.8 Å². The van der Waals surface area contributed by atoms with Crippen molar-refractivity contribution in [1.29, 1.82) is 0 Å². The maximum atomic E-state index is 13.0. The number of amides is 2. The van der Waals surface area contributed by atoms with Crippen LogP contribution in [0.5, 0.6) is 17.2 Å². The molecule has 7 nitrogen and oxygen atoms in total. The van der Waals surface area contributed by atoms with E-state index >= 15 is 0 Å². The zero-order valence-electron chi connectivity index (χ0n) is 19.2. The number of aryl methyl sites for hydroxylation is 1. The molecule has 0 saturated carbocycles. The lowest BCUT2D eigenvalue weighted by atomic mass is 10.1. The van der Waals surface area contributed by atoms with Gasteiger partial charge in [0.1, 0.15) is 0 Å². The first-order valence-electron chi connectivity index (χ1n) is 10.5. The number of anilines is 1. The zero-order chi connectivity index (χ0) is 23.0. The summed E-state index contributed by atoms with van der Waals surface area (Å²) in [5, 5.41) is 2.88. The molecular weight excluding hydrogens is 396 g/mol. The number of benzene rings is 2. The third-order valence-corrected chi connectivity index (χ3v) is 4.76. The molecule has 1 N–H and O–H groups in total. The van der Waals surface area contributed by atoms with Gasteiger partial charge < -0.3 is 24.4 Å². The molecule has 0 aliphatic heterocycles. The third-order valence-electron chi connectivity index (χ3n) is 4.76. The van der Waals surface area contributed by atoms with E-state index in [2.05, 4.69) is 5.32 Å². The van der Waals surface area contributed by atoms with Crippen LogP contribution in [-0.2, 0) is 4.79 Å². The molecule has 2 aromatic rings. The Balaban J connectivity index is 2.21. The maximum absolute atomic E-state index is 13.0. The van der Waals surface area contributed by atoms with E-state index in [1.54, 1.807) is 19.2 Å². The predicted molar refractivity (Wildman–Crippen MR) is 121 cm³/mol. The molecular formula is C24H32N2O5. The van der Waals surface area contributed by atoms with Crippen LogP contribution >= 0.6 is 0 Å². The highest BCUT2D eigenvalue weighted by molar-refractivity contribution is 6.00. The van der Waals surface area contributed by atoms with Crippen molar-refractivity contribution in [3.05, 3.63) is 47.0 Å². The van der Waals surface area contributed by atoms with Crippen molar-refractivity contribution in [2.24, 2.45) is 0 Å². The van der Waals surface area contributed by atoms with Crippen LogP contribution in [0.3, 0.4) is 0 Å². The molecule has 0 atom stereocenters. The van der Waals surface area contributed by atoms with Crippen molar-refractivity contribution in [2.75, 3.05) is 38.7 Å². The minimum Gasteiger partial charge on any atom is -0.490 e. The predicted octanol–water partition coefficient (Wildman–Crippen LogP) is 4.21. The summed E-state index contributed by atoms with van der Waals surface area (Å²) in [4.78, 5) is 26.9. The van der Waals surface area contributed by atoms with Gasteiger partial charge in [-0.25, -0.2) is 0 Å². The first-order chi connectivity index (χ1) is 14.8. The molecule has 2 aromatic carbocycles. The van der Waals surface area contributed by atoms with Gasteiger partial charge in [-0.05, 0) is 63.9 Å². The number of hydrogen-bond donors (Lipinski definition) is 1. The maximum Gasteiger partial charge on any atom is 0.254 e. The van der Waals surface area contributed by atoms with Gasteiger partial charge in [-0.3, -0.25) is 9.59 Å². The van der Waals surface area contributed by atoms with Crippen LogP contribution in [0.4, 0.5) is 5.69 Å². The second-order valence-corrected chi connectivity index (χ2v) is 7.06. The molecule has 0 spiro atoms. The van der Waals surface area contributed by atoms with Crippen LogP contribution < -0.4 is 19.5 Å². The zero-order valence-corrected chi connectivity index (χ0v) is 19.2. The molecule has 0 aromatic heterocycles. The quantitative estimate of drug-likeness (QED) is 0.613. The van der Waals surface area contributed by atoms with Gasteiger partial charge in [0.05, 0.1) is 26.4 Å². The van der Waals surface area contributed by atoms with Crippen LogP contribution in [0.2, 0.25) is 0 Å². The second-order valence-electron chi connectivity index (χ2n) is 7.06. The summed E-state index contributed by atoms with van der Waals surface area (Å²) in [5.74, 6) is 0.753. The Kier molecular flexibility index (Phi) is 8.73. The standard InChI is InChI=1S/C24H32N2O5/c1-7-29-20-13-18(14-21(30-8-2)23(20)31-9-3)24(28)26(6)15-22(27)25-19-12-10-11-16(4)17(19)5/h10-14H,7-9,15H2,1-6H3,(H,25,27). The Labute approximate surface area is 184 Å². The molecule has 0 saturated heterocycles. The number of hydrogen-bond acceptors (Lipinski definition) is 5. The van der Waals surface area contributed by atoms with E-state index in [4.69, 9.17) is 14.2 Å². The Morgan fingerprint density at radius 3 is 2.06 bits per heavy atom. The number of nitrogens with zero attached hydrogens (tertiary/aromatic N) is 1. The van der Waals surface area contributed by atoms with Crippen LogP contribution in [0, 0.1) is 13.8 Å². The minimum atomic E-state index is -0.318. The lowest BCUT2D eigenvalue weighted by molar-refractivity contribution is -0.116. The van der Waals surface area contributed by atoms with E-state index in [1.165, 1.54) is 4.90 Å². The second kappa shape index (κ2) is 11.2. The van der Waals surface area contributed by atoms with E-state index in [9.17, 15) is 9.59 Å². The molecule has 0 fully saturated rings. The summed E-state index contributed by atoms with van der Waals surface area (Å²) >= 11 is 0. The molecule has 0 aliphatic rings. The van der Waals surface area contributed by atoms with Crippen molar-refractivity contribution in [3.63, 3.8) is 0 Å². The van der Waals surface area contributed by atoms with Crippen molar-refractivity contribution in [1.82, 2.24) is 4.90 Å². The number of carbonyl (C=O) groups excluding carboxylic acids is 2. The van der Waals surface area contributed by atoms with E-state index in [-0.39, 0.29) is 18.4 Å². The Hall–Kier alpha value is -3.22. The van der Waals surface area contributed by atoms with Gasteiger partial charge in [0.2, 0.25) is 11.7 Å². The van der Waals surface area contributed by atoms with Gasteiger partial charge >= 0.3 is 0 Å². The largest absolute Gasteiger partial charge is 0.490 e. The topological polar surface area (TPSA) is 77.1 Å². The average molecular weight is 429 g/mol. The Morgan fingerprint density at radius 2 is 1.52 bits per heavy atom. The summed E-state index contributed by atoms with van der Waals surface area (Å²) < 4.78 is 17.0. The van der Waals surface area contributed by atoms with Crippen LogP contribution in [-0.4, -0.2) is 50.1 Å². The Bertz CT molecular complexity index is 899. The molecule has 0 radical (unpaired) electrons. The van der Waals surface area contributed by atoms with Crippen LogP contribution in [0.15, 0.2) is 30.3 Å². The minimum absolute atomic E-state index is 0.0899. The van der Waals surface area contributed by atoms with Gasteiger partial charge in [-0.15, -0.1) is 0 Å². The fourth-order valence-electron chi connectivity index (χ4n) is 3.10. The third kappa shape index (κ3) is 6.13. The molecule has 0 heterocycles. The summed E-state index contributed by atoms with van der Waals surface area (Å²) in [5.41, 5.74) is 3.18. The lowest BCUT2D eigenvalue weighted by Crippen LogP contribution is -2.35. The van der Waals surface area contributed by atoms with Gasteiger partial charge in [-0.1, -0.05) is 12.1 Å². The van der Waals surface area contributed by atoms with E-state index < -0.39 is 0 Å². The van der Waals surface area contributed by atoms with Gasteiger partial charge in [-0.2, -0.15) is 0 Å². The van der Waals surface area contributed by atoms with Crippen LogP contribution in [0.1, 0.15) is 42.3 Å². The highest BCUT2D eigenvalue weighted by atomic mass is 16.5. The fraction of sp³-hybridized carbons (Fsp3) is 0.417. The van der Waals surface area contributed by atoms with E-state index in [0.29, 0.717) is 42.6 Å². The first-order valence-corrected chi connectivity index (χ1v) is 10.5. The SMILES string of the molecule is CCOc1cc(C(=O)N(C)CC(=O)Nc2cccc(C)c2C)cc(OCC)c1OCC.